The van der Waals surface area contributed by atoms with Gasteiger partial charge in [-0.1, -0.05) is 36.4 Å². The average Bonchev–Trinajstić information content (AvgIpc) is 2.81. The molecule has 3 rings (SSSR count). The molecule has 0 aliphatic heterocycles. The second-order valence-corrected chi connectivity index (χ2v) is 9.41. The maximum absolute atomic E-state index is 12.7. The average molecular weight is 460 g/mol. The maximum Gasteiger partial charge on any atom is 0.353 e. The number of hydrogen-bond acceptors (Lipinski definition) is 7. The van der Waals surface area contributed by atoms with Crippen molar-refractivity contribution in [2.24, 2.45) is 5.92 Å². The molecule has 0 saturated carbocycles. The molecule has 0 radical (unpaired) electrons. The fraction of sp³-hybridized carbons (Fsp3) is 0.318. The van der Waals surface area contributed by atoms with Crippen molar-refractivity contribution in [1.82, 2.24) is 9.55 Å². The first-order valence-corrected chi connectivity index (χ1v) is 11.5. The van der Waals surface area contributed by atoms with Crippen LogP contribution in [0.4, 0.5) is 0 Å². The standard InChI is InChI=1S/C22H25N2O7P/c1-15-14-24(22(27)23-20(15)25)18-10-9-16(11-12-32(28,29-2)30-3)19(13-18)31-21(26)17-7-5-4-6-8-17/h4-12,14,16,18-19H,13H2,1-3H3,(H,23,25,27)/b12-11+/t16?,18?,19-/m0/s1. The molecule has 1 aromatic carbocycles. The van der Waals surface area contributed by atoms with Crippen LogP contribution in [0.5, 0.6) is 0 Å². The van der Waals surface area contributed by atoms with E-state index in [1.165, 1.54) is 30.8 Å². The number of benzene rings is 1. The van der Waals surface area contributed by atoms with E-state index in [4.69, 9.17) is 13.8 Å². The van der Waals surface area contributed by atoms with Gasteiger partial charge in [0.1, 0.15) is 6.10 Å². The van der Waals surface area contributed by atoms with Gasteiger partial charge in [-0.25, -0.2) is 9.59 Å². The molecule has 0 fully saturated rings. The zero-order chi connectivity index (χ0) is 23.3. The lowest BCUT2D eigenvalue weighted by Gasteiger charge is -2.31. The third-order valence-corrected chi connectivity index (χ3v) is 6.78. The Morgan fingerprint density at radius 2 is 1.84 bits per heavy atom. The van der Waals surface area contributed by atoms with Gasteiger partial charge in [0.25, 0.3) is 5.56 Å². The van der Waals surface area contributed by atoms with Crippen LogP contribution in [0.25, 0.3) is 0 Å². The summed E-state index contributed by atoms with van der Waals surface area (Å²) in [5.41, 5.74) is -0.230. The summed E-state index contributed by atoms with van der Waals surface area (Å²) in [6.07, 6.45) is 6.22. The second-order valence-electron chi connectivity index (χ2n) is 7.30. The van der Waals surface area contributed by atoms with E-state index in [1.807, 2.05) is 0 Å². The van der Waals surface area contributed by atoms with Crippen LogP contribution >= 0.6 is 7.60 Å². The third kappa shape index (κ3) is 5.43. The van der Waals surface area contributed by atoms with Crippen LogP contribution in [0, 0.1) is 12.8 Å². The SMILES string of the molecule is COP(=O)(/C=C/C1C=CC(n2cc(C)c(=O)[nH]c2=O)C[C@@H]1OC(=O)c1ccccc1)OC. The van der Waals surface area contributed by atoms with Crippen molar-refractivity contribution in [1.29, 1.82) is 0 Å². The molecule has 1 aliphatic carbocycles. The van der Waals surface area contributed by atoms with Gasteiger partial charge in [-0.2, -0.15) is 0 Å². The first kappa shape index (κ1) is 23.7. The third-order valence-electron chi connectivity index (χ3n) is 5.23. The first-order chi connectivity index (χ1) is 15.3. The summed E-state index contributed by atoms with van der Waals surface area (Å²) in [7, 11) is -0.856. The summed E-state index contributed by atoms with van der Waals surface area (Å²) in [6.45, 7) is 1.60. The molecule has 32 heavy (non-hydrogen) atoms. The number of esters is 1. The highest BCUT2D eigenvalue weighted by Gasteiger charge is 2.31. The number of aromatic amines is 1. The van der Waals surface area contributed by atoms with Gasteiger partial charge in [0.15, 0.2) is 0 Å². The smallest absolute Gasteiger partial charge is 0.353 e. The van der Waals surface area contributed by atoms with E-state index in [-0.39, 0.29) is 6.42 Å². The molecule has 2 aromatic rings. The van der Waals surface area contributed by atoms with Crippen LogP contribution in [0.3, 0.4) is 0 Å². The molecule has 0 spiro atoms. The summed E-state index contributed by atoms with van der Waals surface area (Å²) in [5.74, 6) is 0.369. The van der Waals surface area contributed by atoms with E-state index in [2.05, 4.69) is 4.98 Å². The monoisotopic (exact) mass is 460 g/mol. The predicted octanol–water partition coefficient (Wildman–Crippen LogP) is 3.19. The molecule has 1 aromatic heterocycles. The molecule has 170 valence electrons. The summed E-state index contributed by atoms with van der Waals surface area (Å²) in [5, 5.41) is 0. The molecule has 1 aliphatic rings. The molecule has 9 nitrogen and oxygen atoms in total. The maximum atomic E-state index is 12.7. The molecular weight excluding hydrogens is 435 g/mol. The van der Waals surface area contributed by atoms with Crippen LogP contribution in [-0.4, -0.2) is 35.8 Å². The summed E-state index contributed by atoms with van der Waals surface area (Å²) >= 11 is 0. The van der Waals surface area contributed by atoms with Gasteiger partial charge in [-0.05, 0) is 19.1 Å². The lowest BCUT2D eigenvalue weighted by molar-refractivity contribution is 0.0175. The van der Waals surface area contributed by atoms with Crippen LogP contribution in [0.15, 0.2) is 70.2 Å². The summed E-state index contributed by atoms with van der Waals surface area (Å²) in [6, 6.07) is 8.08. The van der Waals surface area contributed by atoms with Crippen LogP contribution in [0.2, 0.25) is 0 Å². The van der Waals surface area contributed by atoms with E-state index in [0.717, 1.165) is 0 Å². The summed E-state index contributed by atoms with van der Waals surface area (Å²) in [4.78, 5) is 39.0. The number of H-pyrrole nitrogens is 1. The molecule has 0 amide bonds. The Balaban J connectivity index is 1.93. The highest BCUT2D eigenvalue weighted by Crippen LogP contribution is 2.48. The number of aromatic nitrogens is 2. The number of carbonyl (C=O) groups is 1. The Bertz CT molecular complexity index is 1170. The minimum atomic E-state index is -3.41. The minimum absolute atomic E-state index is 0.264. The largest absolute Gasteiger partial charge is 0.458 e. The number of ether oxygens (including phenoxy) is 1. The Hall–Kier alpha value is -3.00. The normalized spacial score (nSPS) is 21.0. The van der Waals surface area contributed by atoms with Gasteiger partial charge >= 0.3 is 19.3 Å². The predicted molar refractivity (Wildman–Crippen MR) is 119 cm³/mol. The van der Waals surface area contributed by atoms with E-state index < -0.39 is 42.9 Å². The fourth-order valence-corrected chi connectivity index (χ4v) is 4.19. The topological polar surface area (TPSA) is 117 Å². The number of nitrogens with zero attached hydrogens (tertiary/aromatic N) is 1. The van der Waals surface area contributed by atoms with Gasteiger partial charge in [-0.3, -0.25) is 18.9 Å². The quantitative estimate of drug-likeness (QED) is 0.383. The van der Waals surface area contributed by atoms with Gasteiger partial charge in [-0.15, -0.1) is 0 Å². The van der Waals surface area contributed by atoms with E-state index in [9.17, 15) is 18.9 Å². The van der Waals surface area contributed by atoms with Gasteiger partial charge in [0, 0.05) is 44.1 Å². The Morgan fingerprint density at radius 1 is 1.16 bits per heavy atom. The van der Waals surface area contributed by atoms with E-state index in [0.29, 0.717) is 11.1 Å². The van der Waals surface area contributed by atoms with Crippen LogP contribution < -0.4 is 11.2 Å². The Kier molecular flexibility index (Phi) is 7.45. The molecule has 2 unspecified atom stereocenters. The molecule has 3 atom stereocenters. The van der Waals surface area contributed by atoms with Crippen molar-refractivity contribution in [2.75, 3.05) is 14.2 Å². The Morgan fingerprint density at radius 3 is 2.50 bits per heavy atom. The molecular formula is C22H25N2O7P. The van der Waals surface area contributed by atoms with Crippen molar-refractivity contribution < 1.29 is 23.1 Å². The highest BCUT2D eigenvalue weighted by atomic mass is 31.2. The van der Waals surface area contributed by atoms with E-state index in [1.54, 1.807) is 55.5 Å². The summed E-state index contributed by atoms with van der Waals surface area (Å²) < 4.78 is 29.4. The van der Waals surface area contributed by atoms with Gasteiger partial charge in [0.2, 0.25) is 0 Å². The lowest BCUT2D eigenvalue weighted by atomic mass is 9.89. The number of rotatable bonds is 7. The molecule has 0 saturated heterocycles. The number of carbonyl (C=O) groups excluding carboxylic acids is 1. The molecule has 1 N–H and O–H groups in total. The lowest BCUT2D eigenvalue weighted by Crippen LogP contribution is -2.37. The number of nitrogens with one attached hydrogen (secondary N) is 1. The van der Waals surface area contributed by atoms with Crippen molar-refractivity contribution in [3.63, 3.8) is 0 Å². The van der Waals surface area contributed by atoms with E-state index >= 15 is 0 Å². The van der Waals surface area contributed by atoms with Crippen molar-refractivity contribution in [3.8, 4) is 0 Å². The van der Waals surface area contributed by atoms with Gasteiger partial charge < -0.3 is 13.8 Å². The van der Waals surface area contributed by atoms with Crippen molar-refractivity contribution in [2.45, 2.75) is 25.5 Å². The first-order valence-electron chi connectivity index (χ1n) is 9.93. The zero-order valence-corrected chi connectivity index (χ0v) is 18.9. The van der Waals surface area contributed by atoms with Crippen molar-refractivity contribution >= 4 is 13.6 Å². The minimum Gasteiger partial charge on any atom is -0.458 e. The number of allylic oxidation sites excluding steroid dienone is 1. The Labute approximate surface area is 184 Å². The fourth-order valence-electron chi connectivity index (χ4n) is 3.39. The molecule has 0 bridgehead atoms. The number of aryl methyl sites for hydroxylation is 1. The molecule has 10 heteroatoms. The van der Waals surface area contributed by atoms with Crippen LogP contribution in [0.1, 0.15) is 28.4 Å². The van der Waals surface area contributed by atoms with Crippen molar-refractivity contribution in [3.05, 3.63) is 92.5 Å². The number of hydrogen-bond donors (Lipinski definition) is 1. The van der Waals surface area contributed by atoms with Gasteiger partial charge in [0.05, 0.1) is 11.6 Å². The molecule has 1 heterocycles. The van der Waals surface area contributed by atoms with Crippen LogP contribution in [-0.2, 0) is 18.3 Å². The second kappa shape index (κ2) is 10.1. The highest BCUT2D eigenvalue weighted by molar-refractivity contribution is 7.57. The zero-order valence-electron chi connectivity index (χ0n) is 18.0.